The molecule has 0 unspecified atom stereocenters. The van der Waals surface area contributed by atoms with E-state index >= 15 is 0 Å². The molecule has 18 heavy (non-hydrogen) atoms. The molecule has 5 heteroatoms. The van der Waals surface area contributed by atoms with Gasteiger partial charge in [-0.3, -0.25) is 4.98 Å². The van der Waals surface area contributed by atoms with Crippen molar-refractivity contribution in [3.8, 4) is 17.3 Å². The quantitative estimate of drug-likeness (QED) is 0.824. The van der Waals surface area contributed by atoms with Crippen molar-refractivity contribution in [2.45, 2.75) is 6.42 Å². The van der Waals surface area contributed by atoms with Gasteiger partial charge in [-0.15, -0.1) is 0 Å². The minimum Gasteiger partial charge on any atom is -0.253 e. The van der Waals surface area contributed by atoms with Crippen molar-refractivity contribution in [3.63, 3.8) is 0 Å². The first-order valence-corrected chi connectivity index (χ1v) is 5.85. The zero-order chi connectivity index (χ0) is 13.1. The Morgan fingerprint density at radius 2 is 2.11 bits per heavy atom. The van der Waals surface area contributed by atoms with Gasteiger partial charge >= 0.3 is 0 Å². The van der Waals surface area contributed by atoms with E-state index in [4.69, 9.17) is 28.5 Å². The maximum Gasteiger partial charge on any atom is 0.149 e. The number of hydrogen-bond acceptors (Lipinski definition) is 2. The number of aromatic nitrogens is 1. The van der Waals surface area contributed by atoms with E-state index < -0.39 is 5.82 Å². The van der Waals surface area contributed by atoms with Gasteiger partial charge in [-0.1, -0.05) is 35.3 Å². The van der Waals surface area contributed by atoms with Crippen LogP contribution in [-0.2, 0) is 6.42 Å². The first kappa shape index (κ1) is 12.8. The molecule has 1 aromatic carbocycles. The Labute approximate surface area is 114 Å². The number of nitrogens with zero attached hydrogens (tertiary/aromatic N) is 2. The largest absolute Gasteiger partial charge is 0.253 e. The molecular formula is C13H7Cl2FN2. The first-order chi connectivity index (χ1) is 8.63. The predicted molar refractivity (Wildman–Crippen MR) is 69.0 cm³/mol. The summed E-state index contributed by atoms with van der Waals surface area (Å²) in [7, 11) is 0. The lowest BCUT2D eigenvalue weighted by Crippen LogP contribution is -1.93. The van der Waals surface area contributed by atoms with Gasteiger partial charge in [-0.2, -0.15) is 5.26 Å². The van der Waals surface area contributed by atoms with Crippen LogP contribution in [0.5, 0.6) is 0 Å². The third kappa shape index (κ3) is 2.45. The van der Waals surface area contributed by atoms with Crippen LogP contribution in [0.3, 0.4) is 0 Å². The fourth-order valence-corrected chi connectivity index (χ4v) is 1.94. The smallest absolute Gasteiger partial charge is 0.149 e. The summed E-state index contributed by atoms with van der Waals surface area (Å²) < 4.78 is 13.9. The lowest BCUT2D eigenvalue weighted by Gasteiger charge is -2.07. The van der Waals surface area contributed by atoms with Crippen LogP contribution in [0.25, 0.3) is 11.3 Å². The molecule has 1 aromatic heterocycles. The number of nitriles is 1. The maximum absolute atomic E-state index is 13.9. The maximum atomic E-state index is 13.9. The van der Waals surface area contributed by atoms with Gasteiger partial charge in [-0.25, -0.2) is 4.39 Å². The second-order valence-corrected chi connectivity index (χ2v) is 4.40. The molecule has 2 nitrogen and oxygen atoms in total. The van der Waals surface area contributed by atoms with Crippen LogP contribution in [-0.4, -0.2) is 4.98 Å². The Morgan fingerprint density at radius 3 is 2.78 bits per heavy atom. The second kappa shape index (κ2) is 5.34. The van der Waals surface area contributed by atoms with E-state index in [2.05, 4.69) is 4.98 Å². The molecule has 0 fully saturated rings. The highest BCUT2D eigenvalue weighted by molar-refractivity contribution is 6.43. The normalized spacial score (nSPS) is 10.1. The molecule has 0 N–H and O–H groups in total. The number of benzene rings is 1. The van der Waals surface area contributed by atoms with Crippen molar-refractivity contribution >= 4 is 23.2 Å². The summed E-state index contributed by atoms with van der Waals surface area (Å²) in [6.07, 6.45) is 1.58. The highest BCUT2D eigenvalue weighted by Gasteiger charge is 2.13. The van der Waals surface area contributed by atoms with Crippen LogP contribution in [0.15, 0.2) is 30.5 Å². The molecule has 2 aromatic rings. The van der Waals surface area contributed by atoms with E-state index in [1.807, 2.05) is 6.07 Å². The van der Waals surface area contributed by atoms with Gasteiger partial charge < -0.3 is 0 Å². The van der Waals surface area contributed by atoms with Gasteiger partial charge in [0.2, 0.25) is 0 Å². The van der Waals surface area contributed by atoms with Crippen molar-refractivity contribution in [2.24, 2.45) is 0 Å². The van der Waals surface area contributed by atoms with Crippen molar-refractivity contribution in [1.29, 1.82) is 5.26 Å². The molecule has 1 heterocycles. The van der Waals surface area contributed by atoms with Gasteiger partial charge in [0.25, 0.3) is 0 Å². The Balaban J connectivity index is 2.52. The Kier molecular flexibility index (Phi) is 3.81. The Hall–Kier alpha value is -1.63. The second-order valence-electron chi connectivity index (χ2n) is 3.61. The molecule has 0 aliphatic heterocycles. The van der Waals surface area contributed by atoms with E-state index in [9.17, 15) is 4.39 Å². The summed E-state index contributed by atoms with van der Waals surface area (Å²) in [6.45, 7) is 0. The average molecular weight is 281 g/mol. The summed E-state index contributed by atoms with van der Waals surface area (Å²) in [5.41, 5.74) is 1.09. The number of hydrogen-bond donors (Lipinski definition) is 0. The molecule has 0 radical (unpaired) electrons. The molecule has 90 valence electrons. The van der Waals surface area contributed by atoms with Crippen molar-refractivity contribution in [1.82, 2.24) is 4.98 Å². The van der Waals surface area contributed by atoms with Crippen LogP contribution in [0.2, 0.25) is 10.0 Å². The average Bonchev–Trinajstić information content (AvgIpc) is 2.34. The van der Waals surface area contributed by atoms with E-state index in [-0.39, 0.29) is 17.1 Å². The fraction of sp³-hybridized carbons (Fsp3) is 0.0769. The number of rotatable bonds is 2. The topological polar surface area (TPSA) is 36.7 Å². The Bertz CT molecular complexity index is 635. The van der Waals surface area contributed by atoms with Crippen molar-refractivity contribution in [2.75, 3.05) is 0 Å². The molecule has 0 aliphatic rings. The standard InChI is InChI=1S/C13H7Cl2FN2/c14-10-3-1-2-9(12(10)15)13-11(16)6-8(4-5-17)7-18-13/h1-3,6-7H,4H2. The molecule has 0 saturated heterocycles. The molecule has 0 spiro atoms. The van der Waals surface area contributed by atoms with Gasteiger partial charge in [0.1, 0.15) is 11.5 Å². The molecule has 2 rings (SSSR count). The van der Waals surface area contributed by atoms with Crippen LogP contribution < -0.4 is 0 Å². The minimum atomic E-state index is -0.521. The SMILES string of the molecule is N#CCc1cnc(-c2cccc(Cl)c2Cl)c(F)c1. The van der Waals surface area contributed by atoms with Crippen LogP contribution in [0.1, 0.15) is 5.56 Å². The number of pyridine rings is 1. The number of halogens is 3. The lowest BCUT2D eigenvalue weighted by molar-refractivity contribution is 0.624. The van der Waals surface area contributed by atoms with Crippen molar-refractivity contribution < 1.29 is 4.39 Å². The summed E-state index contributed by atoms with van der Waals surface area (Å²) in [5.74, 6) is -0.521. The van der Waals surface area contributed by atoms with Crippen molar-refractivity contribution in [3.05, 3.63) is 51.9 Å². The van der Waals surface area contributed by atoms with Crippen LogP contribution in [0.4, 0.5) is 4.39 Å². The van der Waals surface area contributed by atoms with Crippen LogP contribution in [0, 0.1) is 17.1 Å². The van der Waals surface area contributed by atoms with E-state index in [1.54, 1.807) is 18.2 Å². The van der Waals surface area contributed by atoms with E-state index in [0.717, 1.165) is 0 Å². The highest BCUT2D eigenvalue weighted by Crippen LogP contribution is 2.33. The van der Waals surface area contributed by atoms with Crippen LogP contribution >= 0.6 is 23.2 Å². The summed E-state index contributed by atoms with van der Waals surface area (Å²) in [5, 5.41) is 9.15. The molecular weight excluding hydrogens is 274 g/mol. The first-order valence-electron chi connectivity index (χ1n) is 5.09. The molecule has 0 saturated carbocycles. The predicted octanol–water partition coefficient (Wildman–Crippen LogP) is 4.26. The summed E-state index contributed by atoms with van der Waals surface area (Å²) in [4.78, 5) is 4.00. The van der Waals surface area contributed by atoms with Gasteiger partial charge in [0.15, 0.2) is 0 Å². The third-order valence-electron chi connectivity index (χ3n) is 2.39. The zero-order valence-electron chi connectivity index (χ0n) is 9.12. The zero-order valence-corrected chi connectivity index (χ0v) is 10.6. The highest BCUT2D eigenvalue weighted by atomic mass is 35.5. The lowest BCUT2D eigenvalue weighted by atomic mass is 10.1. The molecule has 0 bridgehead atoms. The molecule has 0 aliphatic carbocycles. The molecule has 0 atom stereocenters. The monoisotopic (exact) mass is 280 g/mol. The third-order valence-corrected chi connectivity index (χ3v) is 3.21. The summed E-state index contributed by atoms with van der Waals surface area (Å²) in [6, 6.07) is 8.15. The Morgan fingerprint density at radius 1 is 1.33 bits per heavy atom. The summed E-state index contributed by atoms with van der Waals surface area (Å²) >= 11 is 11.9. The fourth-order valence-electron chi connectivity index (χ4n) is 1.55. The van der Waals surface area contributed by atoms with E-state index in [1.165, 1.54) is 12.3 Å². The van der Waals surface area contributed by atoms with Gasteiger partial charge in [0.05, 0.1) is 22.5 Å². The van der Waals surface area contributed by atoms with Gasteiger partial charge in [-0.05, 0) is 17.7 Å². The minimum absolute atomic E-state index is 0.119. The van der Waals surface area contributed by atoms with Gasteiger partial charge in [0, 0.05) is 11.8 Å². The van der Waals surface area contributed by atoms with E-state index in [0.29, 0.717) is 16.1 Å². The molecule has 0 amide bonds.